The lowest BCUT2D eigenvalue weighted by molar-refractivity contribution is 0.243. The van der Waals surface area contributed by atoms with E-state index in [1.807, 2.05) is 0 Å². The van der Waals surface area contributed by atoms with Gasteiger partial charge in [0.25, 0.3) is 0 Å². The number of aromatic hydroxyl groups is 2. The minimum Gasteiger partial charge on any atom is -0.504 e. The smallest absolute Gasteiger partial charge is 0.162 e. The van der Waals surface area contributed by atoms with E-state index in [1.54, 1.807) is 6.07 Å². The number of hydrogen-bond donors (Lipinski definition) is 3. The number of halogens is 1. The third-order valence-electron chi connectivity index (χ3n) is 3.09. The van der Waals surface area contributed by atoms with Crippen LogP contribution in [0.3, 0.4) is 0 Å². The van der Waals surface area contributed by atoms with Crippen LogP contribution in [0.1, 0.15) is 5.56 Å². The molecule has 0 bridgehead atoms. The Morgan fingerprint density at radius 2 is 1.94 bits per heavy atom. The SMILES string of the molecule is Oc1ccc(Cl)c(CCN2CCNCC2)c1O. The minimum absolute atomic E-state index is 0.0902. The van der Waals surface area contributed by atoms with Crippen LogP contribution in [0, 0.1) is 0 Å². The van der Waals surface area contributed by atoms with Crippen LogP contribution in [-0.2, 0) is 6.42 Å². The fourth-order valence-electron chi connectivity index (χ4n) is 2.04. The van der Waals surface area contributed by atoms with Crippen LogP contribution in [0.25, 0.3) is 0 Å². The molecule has 1 aromatic carbocycles. The van der Waals surface area contributed by atoms with Crippen molar-refractivity contribution in [2.75, 3.05) is 32.7 Å². The first-order chi connectivity index (χ1) is 8.18. The lowest BCUT2D eigenvalue weighted by atomic mass is 10.1. The number of benzene rings is 1. The van der Waals surface area contributed by atoms with Crippen molar-refractivity contribution in [2.45, 2.75) is 6.42 Å². The van der Waals surface area contributed by atoms with Gasteiger partial charge in [-0.05, 0) is 18.6 Å². The Morgan fingerprint density at radius 3 is 2.65 bits per heavy atom. The van der Waals surface area contributed by atoms with Crippen molar-refractivity contribution in [3.05, 3.63) is 22.7 Å². The molecule has 0 unspecified atom stereocenters. The van der Waals surface area contributed by atoms with Gasteiger partial charge in [0.1, 0.15) is 0 Å². The molecule has 0 saturated carbocycles. The molecule has 0 aliphatic carbocycles. The van der Waals surface area contributed by atoms with E-state index in [1.165, 1.54) is 6.07 Å². The van der Waals surface area contributed by atoms with E-state index < -0.39 is 0 Å². The topological polar surface area (TPSA) is 55.7 Å². The van der Waals surface area contributed by atoms with E-state index in [-0.39, 0.29) is 11.5 Å². The van der Waals surface area contributed by atoms with E-state index in [0.29, 0.717) is 17.0 Å². The summed E-state index contributed by atoms with van der Waals surface area (Å²) in [4.78, 5) is 2.32. The molecule has 4 nitrogen and oxygen atoms in total. The maximum atomic E-state index is 9.74. The number of rotatable bonds is 3. The van der Waals surface area contributed by atoms with E-state index in [9.17, 15) is 10.2 Å². The molecule has 2 rings (SSSR count). The number of phenolic OH excluding ortho intramolecular Hbond substituents is 2. The monoisotopic (exact) mass is 256 g/mol. The van der Waals surface area contributed by atoms with Crippen LogP contribution < -0.4 is 5.32 Å². The second-order valence-corrected chi connectivity index (χ2v) is 4.64. The third kappa shape index (κ3) is 3.03. The first-order valence-electron chi connectivity index (χ1n) is 5.81. The summed E-state index contributed by atoms with van der Waals surface area (Å²) in [6.07, 6.45) is 0.652. The number of hydrogen-bond acceptors (Lipinski definition) is 4. The molecule has 1 fully saturated rings. The van der Waals surface area contributed by atoms with Crippen molar-refractivity contribution in [3.63, 3.8) is 0 Å². The van der Waals surface area contributed by atoms with Crippen molar-refractivity contribution in [1.29, 1.82) is 0 Å². The zero-order valence-electron chi connectivity index (χ0n) is 9.62. The van der Waals surface area contributed by atoms with Crippen molar-refractivity contribution in [2.24, 2.45) is 0 Å². The highest BCUT2D eigenvalue weighted by Crippen LogP contribution is 2.34. The van der Waals surface area contributed by atoms with Crippen molar-refractivity contribution in [1.82, 2.24) is 10.2 Å². The summed E-state index contributed by atoms with van der Waals surface area (Å²) >= 11 is 6.02. The number of nitrogens with zero attached hydrogens (tertiary/aromatic N) is 1. The highest BCUT2D eigenvalue weighted by molar-refractivity contribution is 6.31. The number of nitrogens with one attached hydrogen (secondary N) is 1. The van der Waals surface area contributed by atoms with Gasteiger partial charge in [-0.2, -0.15) is 0 Å². The summed E-state index contributed by atoms with van der Waals surface area (Å²) in [6.45, 7) is 4.87. The van der Waals surface area contributed by atoms with Crippen molar-refractivity contribution >= 4 is 11.6 Å². The van der Waals surface area contributed by atoms with E-state index in [0.717, 1.165) is 32.7 Å². The Balaban J connectivity index is 2.00. The largest absolute Gasteiger partial charge is 0.504 e. The van der Waals surface area contributed by atoms with Gasteiger partial charge in [0.2, 0.25) is 0 Å². The lowest BCUT2D eigenvalue weighted by Crippen LogP contribution is -2.44. The van der Waals surface area contributed by atoms with E-state index in [4.69, 9.17) is 11.6 Å². The van der Waals surface area contributed by atoms with Gasteiger partial charge in [-0.25, -0.2) is 0 Å². The summed E-state index contributed by atoms with van der Waals surface area (Å²) in [7, 11) is 0. The molecular weight excluding hydrogens is 240 g/mol. The van der Waals surface area contributed by atoms with Crippen LogP contribution >= 0.6 is 11.6 Å². The van der Waals surface area contributed by atoms with Crippen molar-refractivity contribution < 1.29 is 10.2 Å². The highest BCUT2D eigenvalue weighted by atomic mass is 35.5. The standard InChI is InChI=1S/C12H17ClN2O2/c13-10-1-2-11(16)12(17)9(10)3-6-15-7-4-14-5-8-15/h1-2,14,16-17H,3-8H2. The predicted octanol–water partition coefficient (Wildman–Crippen LogP) is 1.20. The Morgan fingerprint density at radius 1 is 1.24 bits per heavy atom. The zero-order valence-corrected chi connectivity index (χ0v) is 10.4. The molecule has 5 heteroatoms. The first kappa shape index (κ1) is 12.5. The Hall–Kier alpha value is -0.970. The molecule has 1 aliphatic rings. The lowest BCUT2D eigenvalue weighted by Gasteiger charge is -2.27. The van der Waals surface area contributed by atoms with Gasteiger partial charge in [-0.1, -0.05) is 11.6 Å². The van der Waals surface area contributed by atoms with Gasteiger partial charge in [0.05, 0.1) is 0 Å². The highest BCUT2D eigenvalue weighted by Gasteiger charge is 2.14. The molecule has 1 heterocycles. The van der Waals surface area contributed by atoms with Crippen molar-refractivity contribution in [3.8, 4) is 11.5 Å². The van der Waals surface area contributed by atoms with Gasteiger partial charge in [-0.3, -0.25) is 0 Å². The molecule has 1 saturated heterocycles. The van der Waals surface area contributed by atoms with Gasteiger partial charge in [0, 0.05) is 43.3 Å². The van der Waals surface area contributed by atoms with Crippen LogP contribution in [0.5, 0.6) is 11.5 Å². The van der Waals surface area contributed by atoms with Crippen LogP contribution in [0.2, 0.25) is 5.02 Å². The fourth-order valence-corrected chi connectivity index (χ4v) is 2.29. The molecule has 17 heavy (non-hydrogen) atoms. The second-order valence-electron chi connectivity index (χ2n) is 4.24. The summed E-state index contributed by atoms with van der Waals surface area (Å²) in [5.74, 6) is -0.197. The normalized spacial score (nSPS) is 17.2. The van der Waals surface area contributed by atoms with Crippen LogP contribution in [0.15, 0.2) is 12.1 Å². The molecule has 0 aromatic heterocycles. The van der Waals surface area contributed by atoms with Gasteiger partial charge in [0.15, 0.2) is 11.5 Å². The average Bonchev–Trinajstić information content (AvgIpc) is 2.35. The summed E-state index contributed by atoms with van der Waals surface area (Å²) < 4.78 is 0. The molecule has 94 valence electrons. The maximum Gasteiger partial charge on any atom is 0.162 e. The molecular formula is C12H17ClN2O2. The fraction of sp³-hybridized carbons (Fsp3) is 0.500. The maximum absolute atomic E-state index is 9.74. The Kier molecular flexibility index (Phi) is 4.10. The summed E-state index contributed by atoms with van der Waals surface area (Å²) in [5, 5.41) is 23.0. The molecule has 0 spiro atoms. The molecule has 1 aliphatic heterocycles. The molecule has 0 amide bonds. The second kappa shape index (κ2) is 5.58. The van der Waals surface area contributed by atoms with Gasteiger partial charge >= 0.3 is 0 Å². The third-order valence-corrected chi connectivity index (χ3v) is 3.45. The van der Waals surface area contributed by atoms with E-state index >= 15 is 0 Å². The minimum atomic E-state index is -0.107. The van der Waals surface area contributed by atoms with E-state index in [2.05, 4.69) is 10.2 Å². The van der Waals surface area contributed by atoms with Gasteiger partial charge in [-0.15, -0.1) is 0 Å². The predicted molar refractivity (Wildman–Crippen MR) is 67.8 cm³/mol. The van der Waals surface area contributed by atoms with Crippen LogP contribution in [-0.4, -0.2) is 47.8 Å². The average molecular weight is 257 g/mol. The molecule has 0 radical (unpaired) electrons. The summed E-state index contributed by atoms with van der Waals surface area (Å²) in [6, 6.07) is 3.02. The first-order valence-corrected chi connectivity index (χ1v) is 6.18. The van der Waals surface area contributed by atoms with Gasteiger partial charge < -0.3 is 20.4 Å². The zero-order chi connectivity index (χ0) is 12.3. The van der Waals surface area contributed by atoms with Crippen LogP contribution in [0.4, 0.5) is 0 Å². The Labute approximate surface area is 106 Å². The quantitative estimate of drug-likeness (QED) is 0.712. The number of phenols is 2. The number of piperazine rings is 1. The summed E-state index contributed by atoms with van der Waals surface area (Å²) in [5.41, 5.74) is 0.630. The molecule has 3 N–H and O–H groups in total. The molecule has 1 aromatic rings. The molecule has 0 atom stereocenters. The Bertz CT molecular complexity index is 392.